The number of furan rings is 1. The van der Waals surface area contributed by atoms with Crippen LogP contribution in [0.2, 0.25) is 0 Å². The van der Waals surface area contributed by atoms with Gasteiger partial charge in [0.2, 0.25) is 0 Å². The number of aliphatic hydroxyl groups excluding tert-OH is 1. The van der Waals surface area contributed by atoms with Gasteiger partial charge in [0.1, 0.15) is 18.1 Å². The van der Waals surface area contributed by atoms with E-state index in [2.05, 4.69) is 4.74 Å². The Kier molecular flexibility index (Phi) is 3.64. The molecule has 1 aromatic rings. The molecule has 0 saturated heterocycles. The SMILES string of the molecule is O=S(=O)(O)CC(O)OCc1ccco1. The van der Waals surface area contributed by atoms with Gasteiger partial charge in [0, 0.05) is 0 Å². The molecular formula is C7H10O6S. The quantitative estimate of drug-likeness (QED) is 0.537. The highest BCUT2D eigenvalue weighted by Gasteiger charge is 2.14. The minimum atomic E-state index is -4.22. The Hall–Kier alpha value is -0.890. The monoisotopic (exact) mass is 222 g/mol. The molecule has 1 atom stereocenters. The molecule has 0 bridgehead atoms. The van der Waals surface area contributed by atoms with Gasteiger partial charge in [-0.05, 0) is 12.1 Å². The van der Waals surface area contributed by atoms with Crippen molar-refractivity contribution < 1.29 is 27.2 Å². The van der Waals surface area contributed by atoms with Gasteiger partial charge in [-0.25, -0.2) is 0 Å². The van der Waals surface area contributed by atoms with E-state index in [1.54, 1.807) is 12.1 Å². The molecule has 0 aliphatic heterocycles. The summed E-state index contributed by atoms with van der Waals surface area (Å²) >= 11 is 0. The van der Waals surface area contributed by atoms with E-state index in [-0.39, 0.29) is 6.61 Å². The van der Waals surface area contributed by atoms with E-state index in [1.807, 2.05) is 0 Å². The molecule has 14 heavy (non-hydrogen) atoms. The first-order valence-electron chi connectivity index (χ1n) is 3.74. The van der Waals surface area contributed by atoms with Gasteiger partial charge < -0.3 is 14.3 Å². The van der Waals surface area contributed by atoms with E-state index in [0.29, 0.717) is 5.76 Å². The molecule has 0 spiro atoms. The summed E-state index contributed by atoms with van der Waals surface area (Å²) in [5.41, 5.74) is 0. The second-order valence-electron chi connectivity index (χ2n) is 2.59. The molecule has 1 heterocycles. The standard InChI is InChI=1S/C7H10O6S/c8-7(5-14(9,10)11)13-4-6-2-1-3-12-6/h1-3,7-8H,4-5H2,(H,9,10,11). The lowest BCUT2D eigenvalue weighted by Gasteiger charge is -2.08. The van der Waals surface area contributed by atoms with Crippen molar-refractivity contribution in [2.24, 2.45) is 0 Å². The third-order valence-corrected chi connectivity index (χ3v) is 2.06. The van der Waals surface area contributed by atoms with Crippen LogP contribution in [0.3, 0.4) is 0 Å². The first-order valence-corrected chi connectivity index (χ1v) is 5.35. The van der Waals surface area contributed by atoms with Crippen molar-refractivity contribution in [2.45, 2.75) is 12.9 Å². The Morgan fingerprint density at radius 1 is 1.57 bits per heavy atom. The van der Waals surface area contributed by atoms with Crippen LogP contribution in [0.4, 0.5) is 0 Å². The molecule has 2 N–H and O–H groups in total. The second-order valence-corrected chi connectivity index (χ2v) is 4.09. The van der Waals surface area contributed by atoms with E-state index in [4.69, 9.17) is 14.1 Å². The van der Waals surface area contributed by atoms with E-state index >= 15 is 0 Å². The van der Waals surface area contributed by atoms with Crippen LogP contribution in [0.15, 0.2) is 22.8 Å². The largest absolute Gasteiger partial charge is 0.467 e. The van der Waals surface area contributed by atoms with E-state index < -0.39 is 22.2 Å². The van der Waals surface area contributed by atoms with Crippen LogP contribution < -0.4 is 0 Å². The number of aliphatic hydroxyl groups is 1. The fourth-order valence-electron chi connectivity index (χ4n) is 0.801. The van der Waals surface area contributed by atoms with Crippen molar-refractivity contribution in [1.82, 2.24) is 0 Å². The highest BCUT2D eigenvalue weighted by Crippen LogP contribution is 2.04. The number of hydrogen-bond donors (Lipinski definition) is 2. The molecule has 0 radical (unpaired) electrons. The molecule has 0 aliphatic carbocycles. The smallest absolute Gasteiger partial charge is 0.269 e. The lowest BCUT2D eigenvalue weighted by atomic mass is 10.5. The topological polar surface area (TPSA) is 97.0 Å². The van der Waals surface area contributed by atoms with Crippen molar-refractivity contribution in [3.05, 3.63) is 24.2 Å². The van der Waals surface area contributed by atoms with Crippen molar-refractivity contribution in [3.63, 3.8) is 0 Å². The molecule has 7 heteroatoms. The number of rotatable bonds is 5. The van der Waals surface area contributed by atoms with Gasteiger partial charge in [-0.3, -0.25) is 4.55 Å². The second kappa shape index (κ2) is 4.56. The summed E-state index contributed by atoms with van der Waals surface area (Å²) in [5, 5.41) is 8.98. The third kappa shape index (κ3) is 4.38. The summed E-state index contributed by atoms with van der Waals surface area (Å²) in [6.45, 7) is -0.0519. The molecule has 6 nitrogen and oxygen atoms in total. The molecule has 1 rings (SSSR count). The maximum absolute atomic E-state index is 10.3. The van der Waals surface area contributed by atoms with Crippen LogP contribution in [-0.2, 0) is 21.5 Å². The van der Waals surface area contributed by atoms with Gasteiger partial charge >= 0.3 is 0 Å². The van der Waals surface area contributed by atoms with Crippen LogP contribution in [0, 0.1) is 0 Å². The number of hydrogen-bond acceptors (Lipinski definition) is 5. The zero-order valence-electron chi connectivity index (χ0n) is 7.16. The Balaban J connectivity index is 2.32. The van der Waals surface area contributed by atoms with E-state index in [9.17, 15) is 8.42 Å². The normalized spacial score (nSPS) is 14.1. The fraction of sp³-hybridized carbons (Fsp3) is 0.429. The zero-order chi connectivity index (χ0) is 10.6. The highest BCUT2D eigenvalue weighted by atomic mass is 32.2. The minimum Gasteiger partial charge on any atom is -0.467 e. The molecule has 0 aliphatic rings. The maximum atomic E-state index is 10.3. The lowest BCUT2D eigenvalue weighted by Crippen LogP contribution is -2.22. The number of ether oxygens (including phenoxy) is 1. The molecule has 1 unspecified atom stereocenters. The van der Waals surface area contributed by atoms with Crippen molar-refractivity contribution in [2.75, 3.05) is 5.75 Å². The van der Waals surface area contributed by atoms with Crippen LogP contribution in [-0.4, -0.2) is 30.1 Å². The Bertz CT molecular complexity index is 354. The summed E-state index contributed by atoms with van der Waals surface area (Å²) in [6.07, 6.45) is -0.136. The van der Waals surface area contributed by atoms with Crippen LogP contribution in [0.1, 0.15) is 5.76 Å². The predicted octanol–water partition coefficient (Wildman–Crippen LogP) is 0.00240. The van der Waals surface area contributed by atoms with Crippen LogP contribution in [0.5, 0.6) is 0 Å². The molecule has 0 saturated carbocycles. The van der Waals surface area contributed by atoms with Crippen molar-refractivity contribution in [1.29, 1.82) is 0 Å². The summed E-state index contributed by atoms with van der Waals surface area (Å²) < 4.78 is 38.5. The average molecular weight is 222 g/mol. The highest BCUT2D eigenvalue weighted by molar-refractivity contribution is 7.85. The van der Waals surface area contributed by atoms with E-state index in [1.165, 1.54) is 6.26 Å². The van der Waals surface area contributed by atoms with Crippen LogP contribution >= 0.6 is 0 Å². The van der Waals surface area contributed by atoms with Crippen molar-refractivity contribution in [3.8, 4) is 0 Å². The molecular weight excluding hydrogens is 212 g/mol. The van der Waals surface area contributed by atoms with Gasteiger partial charge in [0.15, 0.2) is 6.29 Å². The Morgan fingerprint density at radius 3 is 2.79 bits per heavy atom. The average Bonchev–Trinajstić information content (AvgIpc) is 2.49. The van der Waals surface area contributed by atoms with Gasteiger partial charge in [0.05, 0.1) is 6.26 Å². The summed E-state index contributed by atoms with van der Waals surface area (Å²) in [7, 11) is -4.22. The minimum absolute atomic E-state index is 0.0519. The lowest BCUT2D eigenvalue weighted by molar-refractivity contribution is -0.0962. The molecule has 0 fully saturated rings. The van der Waals surface area contributed by atoms with Crippen LogP contribution in [0.25, 0.3) is 0 Å². The Labute approximate surface area is 80.9 Å². The third-order valence-electron chi connectivity index (χ3n) is 1.35. The maximum Gasteiger partial charge on any atom is 0.269 e. The predicted molar refractivity (Wildman–Crippen MR) is 45.9 cm³/mol. The van der Waals surface area contributed by atoms with Gasteiger partial charge in [0.25, 0.3) is 10.1 Å². The summed E-state index contributed by atoms with van der Waals surface area (Å²) in [6, 6.07) is 3.24. The molecule has 0 amide bonds. The van der Waals surface area contributed by atoms with Gasteiger partial charge in [-0.2, -0.15) is 8.42 Å². The fourth-order valence-corrected chi connectivity index (χ4v) is 1.26. The first-order chi connectivity index (χ1) is 6.47. The zero-order valence-corrected chi connectivity index (χ0v) is 7.98. The summed E-state index contributed by atoms with van der Waals surface area (Å²) in [5.74, 6) is -0.396. The van der Waals surface area contributed by atoms with Gasteiger partial charge in [-0.1, -0.05) is 0 Å². The molecule has 80 valence electrons. The first kappa shape index (κ1) is 11.2. The van der Waals surface area contributed by atoms with E-state index in [0.717, 1.165) is 0 Å². The van der Waals surface area contributed by atoms with Crippen molar-refractivity contribution >= 4 is 10.1 Å². The molecule has 0 aromatic carbocycles. The molecule has 1 aromatic heterocycles. The Morgan fingerprint density at radius 2 is 2.29 bits per heavy atom. The van der Waals surface area contributed by atoms with Gasteiger partial charge in [-0.15, -0.1) is 0 Å². The summed E-state index contributed by atoms with van der Waals surface area (Å²) in [4.78, 5) is 0.